The lowest BCUT2D eigenvalue weighted by Crippen LogP contribution is -2.04. The molecule has 1 unspecified atom stereocenters. The van der Waals surface area contributed by atoms with E-state index in [-0.39, 0.29) is 0 Å². The Morgan fingerprint density at radius 1 is 1.11 bits per heavy atom. The molecule has 28 heavy (non-hydrogen) atoms. The summed E-state index contributed by atoms with van der Waals surface area (Å²) in [5.41, 5.74) is 2.76. The average Bonchev–Trinajstić information content (AvgIpc) is 3.19. The zero-order valence-electron chi connectivity index (χ0n) is 14.8. The molecular weight excluding hydrogens is 380 g/mol. The largest absolute Gasteiger partial charge is 0.480 e. The van der Waals surface area contributed by atoms with Crippen LogP contribution in [0.3, 0.4) is 0 Å². The van der Waals surface area contributed by atoms with Crippen molar-refractivity contribution in [3.63, 3.8) is 0 Å². The molecule has 140 valence electrons. The summed E-state index contributed by atoms with van der Waals surface area (Å²) >= 11 is 6.00. The second-order valence-corrected chi connectivity index (χ2v) is 6.35. The van der Waals surface area contributed by atoms with Crippen LogP contribution in [0.4, 0.5) is 0 Å². The molecule has 0 spiro atoms. The van der Waals surface area contributed by atoms with E-state index >= 15 is 0 Å². The predicted octanol–water partition coefficient (Wildman–Crippen LogP) is 3.94. The van der Waals surface area contributed by atoms with Crippen LogP contribution >= 0.6 is 11.6 Å². The molecule has 1 aromatic carbocycles. The van der Waals surface area contributed by atoms with Crippen LogP contribution in [-0.4, -0.2) is 32.3 Å². The van der Waals surface area contributed by atoms with Crippen LogP contribution < -0.4 is 4.74 Å². The molecular formula is C20H15ClN4O3. The lowest BCUT2D eigenvalue weighted by atomic mass is 9.95. The maximum atomic E-state index is 11.1. The Labute approximate surface area is 165 Å². The SMILES string of the molecule is COc1ncccc1-c1onc(-c2ccc(Cl)cc2)c1C(O)c1cncnc1. The number of halogens is 1. The van der Waals surface area contributed by atoms with Gasteiger partial charge in [-0.05, 0) is 24.3 Å². The van der Waals surface area contributed by atoms with Crippen LogP contribution in [0.2, 0.25) is 5.02 Å². The molecule has 3 aromatic heterocycles. The normalized spacial score (nSPS) is 12.0. The Bertz CT molecular complexity index is 1080. The zero-order chi connectivity index (χ0) is 19.5. The number of aliphatic hydroxyl groups excluding tert-OH is 1. The number of benzene rings is 1. The Morgan fingerprint density at radius 3 is 2.57 bits per heavy atom. The molecule has 3 heterocycles. The molecule has 0 aliphatic heterocycles. The fourth-order valence-electron chi connectivity index (χ4n) is 2.91. The minimum atomic E-state index is -1.07. The molecule has 0 aliphatic rings. The maximum absolute atomic E-state index is 11.1. The second kappa shape index (κ2) is 7.75. The first-order valence-electron chi connectivity index (χ1n) is 8.37. The van der Waals surface area contributed by atoms with Gasteiger partial charge < -0.3 is 14.4 Å². The molecule has 4 rings (SSSR count). The summed E-state index contributed by atoms with van der Waals surface area (Å²) in [6, 6.07) is 10.7. The number of aromatic nitrogens is 4. The van der Waals surface area contributed by atoms with Crippen molar-refractivity contribution in [1.82, 2.24) is 20.1 Å². The summed E-state index contributed by atoms with van der Waals surface area (Å²) < 4.78 is 11.0. The molecule has 1 N–H and O–H groups in total. The minimum Gasteiger partial charge on any atom is -0.480 e. The van der Waals surface area contributed by atoms with E-state index < -0.39 is 6.10 Å². The molecule has 0 radical (unpaired) electrons. The molecule has 0 fully saturated rings. The van der Waals surface area contributed by atoms with Crippen molar-refractivity contribution in [1.29, 1.82) is 0 Å². The standard InChI is InChI=1S/C20H15ClN4O3/c1-27-20-15(3-2-8-24-20)19-16(18(26)13-9-22-11-23-10-13)17(25-28-19)12-4-6-14(21)7-5-12/h2-11,18,26H,1H3. The molecule has 0 bridgehead atoms. The fraction of sp³-hybridized carbons (Fsp3) is 0.100. The second-order valence-electron chi connectivity index (χ2n) is 5.92. The monoisotopic (exact) mass is 394 g/mol. The van der Waals surface area contributed by atoms with E-state index in [1.165, 1.54) is 13.4 Å². The number of hydrogen-bond donors (Lipinski definition) is 1. The van der Waals surface area contributed by atoms with E-state index in [2.05, 4.69) is 20.1 Å². The lowest BCUT2D eigenvalue weighted by Gasteiger charge is -2.13. The minimum absolute atomic E-state index is 0.353. The zero-order valence-corrected chi connectivity index (χ0v) is 15.5. The first-order chi connectivity index (χ1) is 13.7. The number of pyridine rings is 1. The third-order valence-corrected chi connectivity index (χ3v) is 4.48. The summed E-state index contributed by atoms with van der Waals surface area (Å²) in [6.45, 7) is 0. The highest BCUT2D eigenvalue weighted by Gasteiger charge is 2.28. The van der Waals surface area contributed by atoms with E-state index in [1.807, 2.05) is 12.1 Å². The third-order valence-electron chi connectivity index (χ3n) is 4.22. The first-order valence-corrected chi connectivity index (χ1v) is 8.74. The fourth-order valence-corrected chi connectivity index (χ4v) is 3.03. The van der Waals surface area contributed by atoms with E-state index in [0.29, 0.717) is 39.0 Å². The van der Waals surface area contributed by atoms with Gasteiger partial charge in [0.2, 0.25) is 5.88 Å². The number of aliphatic hydroxyl groups is 1. The quantitative estimate of drug-likeness (QED) is 0.547. The van der Waals surface area contributed by atoms with E-state index in [0.717, 1.165) is 5.56 Å². The smallest absolute Gasteiger partial charge is 0.224 e. The molecule has 0 saturated heterocycles. The Morgan fingerprint density at radius 2 is 1.86 bits per heavy atom. The highest BCUT2D eigenvalue weighted by Crippen LogP contribution is 2.41. The van der Waals surface area contributed by atoms with Gasteiger partial charge in [-0.25, -0.2) is 15.0 Å². The first kappa shape index (κ1) is 18.1. The number of nitrogens with zero attached hydrogens (tertiary/aromatic N) is 4. The van der Waals surface area contributed by atoms with Crippen molar-refractivity contribution in [2.24, 2.45) is 0 Å². The molecule has 1 atom stereocenters. The average molecular weight is 395 g/mol. The van der Waals surface area contributed by atoms with E-state index in [4.69, 9.17) is 20.9 Å². The summed E-state index contributed by atoms with van der Waals surface area (Å²) in [5.74, 6) is 0.713. The van der Waals surface area contributed by atoms with Crippen LogP contribution in [-0.2, 0) is 0 Å². The number of ether oxygens (including phenoxy) is 1. The van der Waals surface area contributed by atoms with Gasteiger partial charge >= 0.3 is 0 Å². The van der Waals surface area contributed by atoms with Crippen LogP contribution in [0.25, 0.3) is 22.6 Å². The van der Waals surface area contributed by atoms with Crippen molar-refractivity contribution in [2.75, 3.05) is 7.11 Å². The highest BCUT2D eigenvalue weighted by atomic mass is 35.5. The van der Waals surface area contributed by atoms with Crippen molar-refractivity contribution in [3.8, 4) is 28.5 Å². The van der Waals surface area contributed by atoms with Crippen molar-refractivity contribution < 1.29 is 14.4 Å². The molecule has 0 saturated carbocycles. The van der Waals surface area contributed by atoms with Crippen LogP contribution in [0.5, 0.6) is 5.88 Å². The van der Waals surface area contributed by atoms with Gasteiger partial charge in [0, 0.05) is 34.7 Å². The van der Waals surface area contributed by atoms with Gasteiger partial charge in [0.25, 0.3) is 0 Å². The summed E-state index contributed by atoms with van der Waals surface area (Å²) in [7, 11) is 1.52. The third kappa shape index (κ3) is 3.33. The summed E-state index contributed by atoms with van der Waals surface area (Å²) in [5, 5.41) is 15.9. The molecule has 0 amide bonds. The van der Waals surface area contributed by atoms with Gasteiger partial charge in [-0.2, -0.15) is 0 Å². The van der Waals surface area contributed by atoms with Crippen molar-refractivity contribution >= 4 is 11.6 Å². The van der Waals surface area contributed by atoms with Gasteiger partial charge in [-0.15, -0.1) is 0 Å². The molecule has 7 nitrogen and oxygen atoms in total. The van der Waals surface area contributed by atoms with Gasteiger partial charge in [0.05, 0.1) is 18.2 Å². The molecule has 4 aromatic rings. The number of methoxy groups -OCH3 is 1. The van der Waals surface area contributed by atoms with Gasteiger partial charge in [0.1, 0.15) is 18.1 Å². The van der Waals surface area contributed by atoms with Crippen LogP contribution in [0.1, 0.15) is 17.2 Å². The van der Waals surface area contributed by atoms with Gasteiger partial charge in [-0.1, -0.05) is 28.9 Å². The van der Waals surface area contributed by atoms with Gasteiger partial charge in [0.15, 0.2) is 5.76 Å². The number of hydrogen-bond acceptors (Lipinski definition) is 7. The Kier molecular flexibility index (Phi) is 5.01. The summed E-state index contributed by atoms with van der Waals surface area (Å²) in [4.78, 5) is 12.2. The molecule has 8 heteroatoms. The lowest BCUT2D eigenvalue weighted by molar-refractivity contribution is 0.219. The van der Waals surface area contributed by atoms with E-state index in [9.17, 15) is 5.11 Å². The maximum Gasteiger partial charge on any atom is 0.224 e. The Balaban J connectivity index is 1.93. The summed E-state index contributed by atoms with van der Waals surface area (Å²) in [6.07, 6.45) is 5.02. The van der Waals surface area contributed by atoms with Crippen LogP contribution in [0, 0.1) is 0 Å². The van der Waals surface area contributed by atoms with Gasteiger partial charge in [-0.3, -0.25) is 0 Å². The van der Waals surface area contributed by atoms with Crippen molar-refractivity contribution in [2.45, 2.75) is 6.10 Å². The van der Waals surface area contributed by atoms with Crippen molar-refractivity contribution in [3.05, 3.63) is 77.5 Å². The van der Waals surface area contributed by atoms with E-state index in [1.54, 1.807) is 42.9 Å². The Hall–Kier alpha value is -3.29. The molecule has 0 aliphatic carbocycles. The highest BCUT2D eigenvalue weighted by molar-refractivity contribution is 6.30. The number of rotatable bonds is 5. The van der Waals surface area contributed by atoms with Crippen LogP contribution in [0.15, 0.2) is 65.8 Å². The predicted molar refractivity (Wildman–Crippen MR) is 103 cm³/mol. The topological polar surface area (TPSA) is 94.2 Å².